The van der Waals surface area contributed by atoms with Crippen LogP contribution < -0.4 is 0 Å². The lowest BCUT2D eigenvalue weighted by Gasteiger charge is -2.33. The van der Waals surface area contributed by atoms with Gasteiger partial charge in [0.1, 0.15) is 5.54 Å². The number of hydrogen-bond acceptors (Lipinski definition) is 5. The number of halogens is 2. The quantitative estimate of drug-likeness (QED) is 0.782. The van der Waals surface area contributed by atoms with E-state index >= 15 is 0 Å². The summed E-state index contributed by atoms with van der Waals surface area (Å²) in [6.45, 7) is 1.04. The molecule has 1 aliphatic heterocycles. The van der Waals surface area contributed by atoms with Crippen molar-refractivity contribution in [2.75, 3.05) is 13.7 Å². The van der Waals surface area contributed by atoms with Gasteiger partial charge in [-0.05, 0) is 31.5 Å². The molecule has 1 heterocycles. The first-order valence-electron chi connectivity index (χ1n) is 6.85. The first kappa shape index (κ1) is 19.0. The van der Waals surface area contributed by atoms with E-state index in [9.17, 15) is 23.1 Å². The van der Waals surface area contributed by atoms with E-state index in [1.54, 1.807) is 0 Å². The van der Waals surface area contributed by atoms with E-state index in [1.807, 2.05) is 0 Å². The molecule has 1 unspecified atom stereocenters. The summed E-state index contributed by atoms with van der Waals surface area (Å²) >= 11 is 11.7. The van der Waals surface area contributed by atoms with Crippen LogP contribution in [-0.2, 0) is 24.3 Å². The third-order valence-corrected chi connectivity index (χ3v) is 6.57. The van der Waals surface area contributed by atoms with Crippen molar-refractivity contribution in [2.45, 2.75) is 23.8 Å². The van der Waals surface area contributed by atoms with Gasteiger partial charge in [0.25, 0.3) is 0 Å². The highest BCUT2D eigenvalue weighted by atomic mass is 35.5. The van der Waals surface area contributed by atoms with Crippen LogP contribution >= 0.6 is 23.2 Å². The predicted octanol–water partition coefficient (Wildman–Crippen LogP) is 2.02. The number of aliphatic carboxylic acids is 1. The van der Waals surface area contributed by atoms with Gasteiger partial charge in [0.15, 0.2) is 0 Å². The number of rotatable bonds is 4. The van der Waals surface area contributed by atoms with Gasteiger partial charge in [-0.1, -0.05) is 23.2 Å². The lowest BCUT2D eigenvalue weighted by Crippen LogP contribution is -2.55. The molecule has 10 heteroatoms. The average Bonchev–Trinajstić information content (AvgIpc) is 2.85. The molecule has 7 nitrogen and oxygen atoms in total. The highest BCUT2D eigenvalue weighted by Crippen LogP contribution is 2.40. The number of carboxylic acid groups (broad SMARTS) is 1. The van der Waals surface area contributed by atoms with Gasteiger partial charge in [-0.3, -0.25) is 9.59 Å². The number of hydrogen-bond donors (Lipinski definition) is 1. The summed E-state index contributed by atoms with van der Waals surface area (Å²) in [5.41, 5.74) is -1.97. The normalized spacial score (nSPS) is 24.8. The van der Waals surface area contributed by atoms with Gasteiger partial charge in [0, 0.05) is 16.6 Å². The molecule has 0 spiro atoms. The maximum absolute atomic E-state index is 12.9. The summed E-state index contributed by atoms with van der Waals surface area (Å²) in [6, 6.07) is 3.72. The fourth-order valence-corrected chi connectivity index (χ4v) is 5.37. The average molecular weight is 396 g/mol. The molecule has 0 aliphatic carbocycles. The molecular weight excluding hydrogens is 381 g/mol. The molecule has 2 rings (SSSR count). The standard InChI is InChI=1S/C14H15Cl2NO6S/c1-14(13(19)20)11(12(18)23-2)3-4-17(14)24(21,22)10-6-8(15)5-9(16)7-10/h5-7,11H,3-4H2,1-2H3,(H,19,20)/t11?,14-/m0/s1. The first-order chi connectivity index (χ1) is 11.0. The Morgan fingerprint density at radius 2 is 1.83 bits per heavy atom. The second-order valence-electron chi connectivity index (χ2n) is 5.50. The SMILES string of the molecule is COC(=O)C1CCN(S(=O)(=O)c2cc(Cl)cc(Cl)c2)[C@]1(C)C(=O)O. The van der Waals surface area contributed by atoms with Gasteiger partial charge in [-0.15, -0.1) is 0 Å². The van der Waals surface area contributed by atoms with Crippen LogP contribution in [0.1, 0.15) is 13.3 Å². The molecule has 132 valence electrons. The Bertz CT molecular complexity index is 776. The van der Waals surface area contributed by atoms with Crippen LogP contribution in [0, 0.1) is 5.92 Å². The zero-order chi connectivity index (χ0) is 18.3. The number of carbonyl (C=O) groups is 2. The lowest BCUT2D eigenvalue weighted by atomic mass is 9.87. The van der Waals surface area contributed by atoms with Crippen molar-refractivity contribution < 1.29 is 27.9 Å². The van der Waals surface area contributed by atoms with Crippen LogP contribution in [0.3, 0.4) is 0 Å². The molecule has 0 bridgehead atoms. The van der Waals surface area contributed by atoms with E-state index in [0.717, 1.165) is 11.4 Å². The van der Waals surface area contributed by atoms with Gasteiger partial charge < -0.3 is 9.84 Å². The zero-order valence-corrected chi connectivity index (χ0v) is 15.2. The molecule has 0 amide bonds. The summed E-state index contributed by atoms with van der Waals surface area (Å²) in [7, 11) is -3.11. The second kappa shape index (κ2) is 6.51. The molecule has 0 radical (unpaired) electrons. The predicted molar refractivity (Wildman–Crippen MR) is 86.5 cm³/mol. The molecule has 1 N–H and O–H groups in total. The fourth-order valence-electron chi connectivity index (χ4n) is 2.85. The molecule has 2 atom stereocenters. The Morgan fingerprint density at radius 3 is 2.29 bits per heavy atom. The van der Waals surface area contributed by atoms with Gasteiger partial charge in [-0.25, -0.2) is 8.42 Å². The first-order valence-corrected chi connectivity index (χ1v) is 9.05. The Labute approximate surface area is 149 Å². The van der Waals surface area contributed by atoms with Crippen LogP contribution in [0.15, 0.2) is 23.1 Å². The number of carbonyl (C=O) groups excluding carboxylic acids is 1. The smallest absolute Gasteiger partial charge is 0.325 e. The van der Waals surface area contributed by atoms with Gasteiger partial charge >= 0.3 is 11.9 Å². The van der Waals surface area contributed by atoms with Crippen molar-refractivity contribution in [2.24, 2.45) is 5.92 Å². The van der Waals surface area contributed by atoms with E-state index in [4.69, 9.17) is 23.2 Å². The third-order valence-electron chi connectivity index (χ3n) is 4.16. The molecular formula is C14H15Cl2NO6S. The molecule has 24 heavy (non-hydrogen) atoms. The number of nitrogens with zero attached hydrogens (tertiary/aromatic N) is 1. The van der Waals surface area contributed by atoms with Crippen LogP contribution in [0.2, 0.25) is 10.0 Å². The molecule has 0 saturated carbocycles. The summed E-state index contributed by atoms with van der Waals surface area (Å²) in [6.07, 6.45) is 0.0308. The highest BCUT2D eigenvalue weighted by molar-refractivity contribution is 7.89. The second-order valence-corrected chi connectivity index (χ2v) is 8.23. The van der Waals surface area contributed by atoms with Crippen LogP contribution in [-0.4, -0.2) is 49.0 Å². The summed E-state index contributed by atoms with van der Waals surface area (Å²) in [5.74, 6) is -3.33. The topological polar surface area (TPSA) is 101 Å². The lowest BCUT2D eigenvalue weighted by molar-refractivity contribution is -0.158. The molecule has 1 saturated heterocycles. The monoisotopic (exact) mass is 395 g/mol. The van der Waals surface area contributed by atoms with Crippen molar-refractivity contribution >= 4 is 45.2 Å². The minimum Gasteiger partial charge on any atom is -0.480 e. The molecule has 1 aromatic rings. The van der Waals surface area contributed by atoms with Gasteiger partial charge in [0.05, 0.1) is 17.9 Å². The summed E-state index contributed by atoms with van der Waals surface area (Å²) < 4.78 is 31.2. The van der Waals surface area contributed by atoms with E-state index < -0.39 is 33.4 Å². The van der Waals surface area contributed by atoms with Crippen molar-refractivity contribution in [3.8, 4) is 0 Å². The largest absolute Gasteiger partial charge is 0.480 e. The van der Waals surface area contributed by atoms with Crippen molar-refractivity contribution in [3.63, 3.8) is 0 Å². The zero-order valence-electron chi connectivity index (χ0n) is 12.8. The molecule has 0 aromatic heterocycles. The van der Waals surface area contributed by atoms with Crippen LogP contribution in [0.4, 0.5) is 0 Å². The minimum absolute atomic E-state index is 0.0308. The minimum atomic E-state index is -4.24. The number of benzene rings is 1. The van der Waals surface area contributed by atoms with E-state index in [-0.39, 0.29) is 27.9 Å². The Balaban J connectivity index is 2.57. The highest BCUT2D eigenvalue weighted by Gasteiger charge is 2.59. The molecule has 1 fully saturated rings. The Kier molecular flexibility index (Phi) is 5.15. The third kappa shape index (κ3) is 2.99. The van der Waals surface area contributed by atoms with Crippen LogP contribution in [0.5, 0.6) is 0 Å². The number of methoxy groups -OCH3 is 1. The van der Waals surface area contributed by atoms with E-state index in [2.05, 4.69) is 4.74 Å². The number of sulfonamides is 1. The maximum Gasteiger partial charge on any atom is 0.325 e. The summed E-state index contributed by atoms with van der Waals surface area (Å²) in [5, 5.41) is 9.81. The Morgan fingerprint density at radius 1 is 1.29 bits per heavy atom. The summed E-state index contributed by atoms with van der Waals surface area (Å²) in [4.78, 5) is 23.5. The van der Waals surface area contributed by atoms with Crippen LogP contribution in [0.25, 0.3) is 0 Å². The van der Waals surface area contributed by atoms with E-state index in [1.165, 1.54) is 25.1 Å². The number of carboxylic acids is 1. The maximum atomic E-state index is 12.9. The van der Waals surface area contributed by atoms with Crippen molar-refractivity contribution in [1.29, 1.82) is 0 Å². The van der Waals surface area contributed by atoms with Crippen molar-refractivity contribution in [1.82, 2.24) is 4.31 Å². The van der Waals surface area contributed by atoms with Crippen molar-refractivity contribution in [3.05, 3.63) is 28.2 Å². The molecule has 1 aromatic carbocycles. The van der Waals surface area contributed by atoms with Gasteiger partial charge in [-0.2, -0.15) is 4.31 Å². The van der Waals surface area contributed by atoms with Gasteiger partial charge in [0.2, 0.25) is 10.0 Å². The number of ether oxygens (including phenoxy) is 1. The fraction of sp³-hybridized carbons (Fsp3) is 0.429. The Hall–Kier alpha value is -1.35. The number of esters is 1. The van der Waals surface area contributed by atoms with E-state index in [0.29, 0.717) is 0 Å². The molecule has 1 aliphatic rings.